The van der Waals surface area contributed by atoms with E-state index in [0.29, 0.717) is 13.1 Å². The summed E-state index contributed by atoms with van der Waals surface area (Å²) in [7, 11) is 0. The summed E-state index contributed by atoms with van der Waals surface area (Å²) < 4.78 is 1.86. The van der Waals surface area contributed by atoms with Crippen LogP contribution in [0.1, 0.15) is 21.5 Å². The van der Waals surface area contributed by atoms with Crippen LogP contribution in [0.4, 0.5) is 0 Å². The van der Waals surface area contributed by atoms with E-state index in [1.807, 2.05) is 60.4 Å². The molecule has 0 saturated carbocycles. The van der Waals surface area contributed by atoms with Gasteiger partial charge in [0, 0.05) is 18.3 Å². The first kappa shape index (κ1) is 15.5. The van der Waals surface area contributed by atoms with Crippen molar-refractivity contribution in [1.29, 1.82) is 0 Å². The zero-order valence-corrected chi connectivity index (χ0v) is 14.1. The van der Waals surface area contributed by atoms with Crippen LogP contribution in [0.3, 0.4) is 0 Å². The molecule has 2 aromatic heterocycles. The Balaban J connectivity index is 1.57. The van der Waals surface area contributed by atoms with Crippen molar-refractivity contribution in [3.63, 3.8) is 0 Å². The van der Waals surface area contributed by atoms with E-state index in [9.17, 15) is 4.79 Å². The summed E-state index contributed by atoms with van der Waals surface area (Å²) in [5.74, 6) is -0.0307. The average Bonchev–Trinajstić information content (AvgIpc) is 3.20. The smallest absolute Gasteiger partial charge is 0.251 e. The molecule has 0 aliphatic heterocycles. The molecule has 0 saturated heterocycles. The van der Waals surface area contributed by atoms with Crippen molar-refractivity contribution in [3.05, 3.63) is 64.7 Å². The van der Waals surface area contributed by atoms with E-state index < -0.39 is 0 Å². The SMILES string of the molecule is Cc1ccc(C)c(C(=O)NCCn2ccc(-c3cccs3)n2)c1. The maximum Gasteiger partial charge on any atom is 0.251 e. The first-order valence-electron chi connectivity index (χ1n) is 7.56. The number of hydrogen-bond donors (Lipinski definition) is 1. The van der Waals surface area contributed by atoms with E-state index in [1.54, 1.807) is 11.3 Å². The maximum atomic E-state index is 12.3. The lowest BCUT2D eigenvalue weighted by molar-refractivity contribution is 0.0951. The first-order chi connectivity index (χ1) is 11.1. The van der Waals surface area contributed by atoms with Gasteiger partial charge in [-0.15, -0.1) is 11.3 Å². The summed E-state index contributed by atoms with van der Waals surface area (Å²) in [4.78, 5) is 13.4. The summed E-state index contributed by atoms with van der Waals surface area (Å²) in [5, 5.41) is 9.53. The van der Waals surface area contributed by atoms with Gasteiger partial charge in [-0.05, 0) is 43.0 Å². The number of benzene rings is 1. The zero-order valence-electron chi connectivity index (χ0n) is 13.2. The number of aromatic nitrogens is 2. The van der Waals surface area contributed by atoms with E-state index in [2.05, 4.69) is 16.5 Å². The normalized spacial score (nSPS) is 10.7. The molecule has 118 valence electrons. The fraction of sp³-hybridized carbons (Fsp3) is 0.222. The Kier molecular flexibility index (Phi) is 4.57. The molecule has 0 bridgehead atoms. The molecule has 0 atom stereocenters. The third kappa shape index (κ3) is 3.68. The molecule has 23 heavy (non-hydrogen) atoms. The minimum atomic E-state index is -0.0307. The third-order valence-electron chi connectivity index (χ3n) is 3.68. The lowest BCUT2D eigenvalue weighted by Gasteiger charge is -2.08. The number of carbonyl (C=O) groups is 1. The van der Waals surface area contributed by atoms with E-state index in [1.165, 1.54) is 0 Å². The van der Waals surface area contributed by atoms with Gasteiger partial charge in [-0.2, -0.15) is 5.10 Å². The Hall–Kier alpha value is -2.40. The fourth-order valence-electron chi connectivity index (χ4n) is 2.40. The van der Waals surface area contributed by atoms with Crippen LogP contribution in [0.15, 0.2) is 48.0 Å². The molecule has 0 radical (unpaired) electrons. The van der Waals surface area contributed by atoms with E-state index in [4.69, 9.17) is 0 Å². The predicted molar refractivity (Wildman–Crippen MR) is 93.8 cm³/mol. The third-order valence-corrected chi connectivity index (χ3v) is 4.57. The molecule has 5 heteroatoms. The zero-order chi connectivity index (χ0) is 16.2. The van der Waals surface area contributed by atoms with Gasteiger partial charge in [-0.25, -0.2) is 0 Å². The molecular weight excluding hydrogens is 306 g/mol. The van der Waals surface area contributed by atoms with Gasteiger partial charge in [0.15, 0.2) is 0 Å². The molecule has 0 aliphatic carbocycles. The number of hydrogen-bond acceptors (Lipinski definition) is 3. The molecule has 3 aromatic rings. The van der Waals surface area contributed by atoms with Crippen molar-refractivity contribution in [2.75, 3.05) is 6.54 Å². The van der Waals surface area contributed by atoms with Crippen molar-refractivity contribution in [1.82, 2.24) is 15.1 Å². The standard InChI is InChI=1S/C18H19N3OS/c1-13-5-6-14(2)15(12-13)18(22)19-8-10-21-9-7-16(20-21)17-4-3-11-23-17/h3-7,9,11-12H,8,10H2,1-2H3,(H,19,22). The van der Waals surface area contributed by atoms with Gasteiger partial charge in [-0.3, -0.25) is 9.48 Å². The Morgan fingerprint density at radius 1 is 1.26 bits per heavy atom. The Bertz CT molecular complexity index is 806. The maximum absolute atomic E-state index is 12.3. The summed E-state index contributed by atoms with van der Waals surface area (Å²) in [5.41, 5.74) is 3.80. The van der Waals surface area contributed by atoms with Crippen LogP contribution in [0.2, 0.25) is 0 Å². The van der Waals surface area contributed by atoms with Crippen molar-refractivity contribution in [2.24, 2.45) is 0 Å². The Labute approximate surface area is 139 Å². The Morgan fingerprint density at radius 3 is 2.91 bits per heavy atom. The molecule has 0 fully saturated rings. The molecular formula is C18H19N3OS. The molecule has 2 heterocycles. The van der Waals surface area contributed by atoms with Gasteiger partial charge in [-0.1, -0.05) is 23.8 Å². The molecule has 1 amide bonds. The van der Waals surface area contributed by atoms with Gasteiger partial charge in [0.2, 0.25) is 0 Å². The van der Waals surface area contributed by atoms with Gasteiger partial charge < -0.3 is 5.32 Å². The number of aryl methyl sites for hydroxylation is 2. The lowest BCUT2D eigenvalue weighted by atomic mass is 10.1. The number of amides is 1. The monoisotopic (exact) mass is 325 g/mol. The minimum absolute atomic E-state index is 0.0307. The van der Waals surface area contributed by atoms with Crippen LogP contribution in [0.25, 0.3) is 10.6 Å². The van der Waals surface area contributed by atoms with Crippen molar-refractivity contribution < 1.29 is 4.79 Å². The molecule has 0 aliphatic rings. The van der Waals surface area contributed by atoms with Crippen LogP contribution in [-0.4, -0.2) is 22.2 Å². The second kappa shape index (κ2) is 6.79. The molecule has 4 nitrogen and oxygen atoms in total. The lowest BCUT2D eigenvalue weighted by Crippen LogP contribution is -2.28. The van der Waals surface area contributed by atoms with E-state index >= 15 is 0 Å². The van der Waals surface area contributed by atoms with Crippen LogP contribution in [0.5, 0.6) is 0 Å². The van der Waals surface area contributed by atoms with Crippen LogP contribution < -0.4 is 5.32 Å². The van der Waals surface area contributed by atoms with Gasteiger partial charge >= 0.3 is 0 Å². The second-order valence-electron chi connectivity index (χ2n) is 5.52. The number of carbonyl (C=O) groups excluding carboxylic acids is 1. The topological polar surface area (TPSA) is 46.9 Å². The summed E-state index contributed by atoms with van der Waals surface area (Å²) >= 11 is 1.67. The number of nitrogens with zero attached hydrogens (tertiary/aromatic N) is 2. The minimum Gasteiger partial charge on any atom is -0.350 e. The number of thiophene rings is 1. The summed E-state index contributed by atoms with van der Waals surface area (Å²) in [6.07, 6.45) is 1.94. The van der Waals surface area contributed by atoms with Gasteiger partial charge in [0.25, 0.3) is 5.91 Å². The highest BCUT2D eigenvalue weighted by Gasteiger charge is 2.09. The molecule has 1 N–H and O–H groups in total. The van der Waals surface area contributed by atoms with E-state index in [0.717, 1.165) is 27.3 Å². The van der Waals surface area contributed by atoms with Crippen molar-refractivity contribution in [3.8, 4) is 10.6 Å². The molecule has 0 spiro atoms. The molecule has 3 rings (SSSR count). The highest BCUT2D eigenvalue weighted by Crippen LogP contribution is 2.22. The van der Waals surface area contributed by atoms with Crippen LogP contribution in [0, 0.1) is 13.8 Å². The quantitative estimate of drug-likeness (QED) is 0.778. The van der Waals surface area contributed by atoms with Crippen molar-refractivity contribution in [2.45, 2.75) is 20.4 Å². The number of nitrogens with one attached hydrogen (secondary N) is 1. The summed E-state index contributed by atoms with van der Waals surface area (Å²) in [6, 6.07) is 12.0. The van der Waals surface area contributed by atoms with Gasteiger partial charge in [0.05, 0.1) is 11.4 Å². The van der Waals surface area contributed by atoms with E-state index in [-0.39, 0.29) is 5.91 Å². The second-order valence-corrected chi connectivity index (χ2v) is 6.46. The predicted octanol–water partition coefficient (Wildman–Crippen LogP) is 3.66. The average molecular weight is 325 g/mol. The highest BCUT2D eigenvalue weighted by atomic mass is 32.1. The first-order valence-corrected chi connectivity index (χ1v) is 8.44. The fourth-order valence-corrected chi connectivity index (χ4v) is 3.09. The largest absolute Gasteiger partial charge is 0.350 e. The molecule has 0 unspecified atom stereocenters. The Morgan fingerprint density at radius 2 is 2.13 bits per heavy atom. The summed E-state index contributed by atoms with van der Waals surface area (Å²) in [6.45, 7) is 5.15. The highest BCUT2D eigenvalue weighted by molar-refractivity contribution is 7.13. The van der Waals surface area contributed by atoms with Crippen LogP contribution in [-0.2, 0) is 6.54 Å². The van der Waals surface area contributed by atoms with Crippen molar-refractivity contribution >= 4 is 17.2 Å². The molecule has 1 aromatic carbocycles. The number of rotatable bonds is 5. The van der Waals surface area contributed by atoms with Gasteiger partial charge in [0.1, 0.15) is 5.69 Å². The van der Waals surface area contributed by atoms with Crippen LogP contribution >= 0.6 is 11.3 Å².